The van der Waals surface area contributed by atoms with Gasteiger partial charge in [-0.15, -0.1) is 0 Å². The van der Waals surface area contributed by atoms with Crippen LogP contribution in [0, 0.1) is 5.92 Å². The topological polar surface area (TPSA) is 212 Å². The van der Waals surface area contributed by atoms with Crippen molar-refractivity contribution < 1.29 is 29.1 Å². The summed E-state index contributed by atoms with van der Waals surface area (Å²) < 4.78 is 0. The molecule has 286 valence electrons. The highest BCUT2D eigenvalue weighted by atomic mass is 16.4. The normalized spacial score (nSPS) is 15.6. The Bertz CT molecular complexity index is 1440. The number of hydrogen-bond acceptors (Lipinski definition) is 8. The number of amides is 5. The first-order valence-corrected chi connectivity index (χ1v) is 18.3. The molecular weight excluding hydrogens is 664 g/mol. The number of nitrogens with one attached hydrogen (secondary N) is 4. The molecular formula is C38H58N8O6. The number of unbranched alkanes of at least 4 members (excludes halogenated alkanes) is 1. The van der Waals surface area contributed by atoms with Gasteiger partial charge >= 0.3 is 12.0 Å². The number of urea groups is 1. The van der Waals surface area contributed by atoms with Gasteiger partial charge in [0.15, 0.2) is 0 Å². The Kier molecular flexibility index (Phi) is 17.0. The number of carbonyl (C=O) groups excluding carboxylic acids is 4. The van der Waals surface area contributed by atoms with E-state index in [0.29, 0.717) is 26.1 Å². The molecule has 5 amide bonds. The van der Waals surface area contributed by atoms with Crippen molar-refractivity contribution >= 4 is 29.7 Å². The van der Waals surface area contributed by atoms with Gasteiger partial charge in [0.2, 0.25) is 17.7 Å². The number of hydrogen-bond donors (Lipinski definition) is 7. The number of carboxylic acid groups (broad SMARTS) is 1. The summed E-state index contributed by atoms with van der Waals surface area (Å²) in [5.41, 5.74) is 12.0. The van der Waals surface area contributed by atoms with Gasteiger partial charge in [-0.1, -0.05) is 74.5 Å². The zero-order valence-corrected chi connectivity index (χ0v) is 30.8. The van der Waals surface area contributed by atoms with Crippen LogP contribution in [0.15, 0.2) is 60.7 Å². The Hall–Kier alpha value is -4.53. The number of carboxylic acids is 1. The van der Waals surface area contributed by atoms with Crippen molar-refractivity contribution in [1.29, 1.82) is 0 Å². The molecule has 3 rings (SSSR count). The summed E-state index contributed by atoms with van der Waals surface area (Å²) in [6.07, 6.45) is 2.47. The van der Waals surface area contributed by atoms with Crippen molar-refractivity contribution in [3.63, 3.8) is 0 Å². The van der Waals surface area contributed by atoms with E-state index in [0.717, 1.165) is 24.0 Å². The molecule has 2 aromatic carbocycles. The Balaban J connectivity index is 1.69. The third-order valence-corrected chi connectivity index (χ3v) is 9.30. The van der Waals surface area contributed by atoms with E-state index in [1.54, 1.807) is 16.7 Å². The molecule has 0 radical (unpaired) electrons. The fourth-order valence-corrected chi connectivity index (χ4v) is 6.31. The van der Waals surface area contributed by atoms with Crippen molar-refractivity contribution in [3.05, 3.63) is 71.8 Å². The van der Waals surface area contributed by atoms with Gasteiger partial charge in [-0.3, -0.25) is 19.2 Å². The highest BCUT2D eigenvalue weighted by Gasteiger charge is 2.42. The highest BCUT2D eigenvalue weighted by molar-refractivity contribution is 5.94. The fraction of sp³-hybridized carbons (Fsp3) is 0.553. The molecule has 1 fully saturated rings. The molecule has 1 aliphatic rings. The van der Waals surface area contributed by atoms with Crippen LogP contribution in [-0.4, -0.2) is 108 Å². The largest absolute Gasteiger partial charge is 0.480 e. The number of piperidine rings is 1. The molecule has 14 heteroatoms. The smallest absolute Gasteiger partial charge is 0.324 e. The van der Waals surface area contributed by atoms with Gasteiger partial charge in [0, 0.05) is 39.1 Å². The molecule has 14 nitrogen and oxygen atoms in total. The predicted molar refractivity (Wildman–Crippen MR) is 200 cm³/mol. The van der Waals surface area contributed by atoms with E-state index in [-0.39, 0.29) is 57.3 Å². The minimum Gasteiger partial charge on any atom is -0.480 e. The van der Waals surface area contributed by atoms with Crippen molar-refractivity contribution in [1.82, 2.24) is 31.1 Å². The van der Waals surface area contributed by atoms with Gasteiger partial charge in [0.1, 0.15) is 23.7 Å². The summed E-state index contributed by atoms with van der Waals surface area (Å²) in [5.74, 6) is -2.34. The summed E-state index contributed by atoms with van der Waals surface area (Å²) in [4.78, 5) is 69.9. The number of carbonyl (C=O) groups is 5. The number of aliphatic carboxylic acids is 1. The zero-order valence-electron chi connectivity index (χ0n) is 30.8. The molecule has 0 unspecified atom stereocenters. The average Bonchev–Trinajstić information content (AvgIpc) is 3.13. The molecule has 0 aliphatic carbocycles. The van der Waals surface area contributed by atoms with E-state index >= 15 is 0 Å². The minimum absolute atomic E-state index is 0.0127. The summed E-state index contributed by atoms with van der Waals surface area (Å²) >= 11 is 0. The third-order valence-electron chi connectivity index (χ3n) is 9.30. The van der Waals surface area contributed by atoms with Gasteiger partial charge < -0.3 is 47.6 Å². The number of nitrogens with zero attached hydrogens (tertiary/aromatic N) is 2. The molecule has 0 spiro atoms. The minimum atomic E-state index is -1.13. The second-order valence-electron chi connectivity index (χ2n) is 13.9. The van der Waals surface area contributed by atoms with E-state index in [1.165, 1.54) is 0 Å². The number of rotatable bonds is 20. The standard InChI is InChI=1S/C38H58N8O6/c1-27(2)24-31(33(47)42-28(3)35(49)45-21-16-38(17-22-45,36(50)51)41-20-11-10-18-39)43-34(48)32(25-29-12-6-4-7-13-29)44-37(52)46(23-19-40)26-30-14-8-5-9-15-30/h4-9,12-15,27-28,31-32,41H,10-11,16-26,39-40H2,1-3H3,(H,42,47)(H,43,48)(H,44,52)(H,50,51)/t28-,31-,32-/m1/s1. The van der Waals surface area contributed by atoms with Gasteiger partial charge in [-0.25, -0.2) is 4.79 Å². The quantitative estimate of drug-likeness (QED) is 0.0988. The van der Waals surface area contributed by atoms with Crippen LogP contribution in [0.4, 0.5) is 4.79 Å². The van der Waals surface area contributed by atoms with Crippen LogP contribution in [0.25, 0.3) is 0 Å². The molecule has 1 aliphatic heterocycles. The van der Waals surface area contributed by atoms with Crippen molar-refractivity contribution in [2.24, 2.45) is 17.4 Å². The van der Waals surface area contributed by atoms with E-state index in [9.17, 15) is 29.1 Å². The second-order valence-corrected chi connectivity index (χ2v) is 13.9. The summed E-state index contributed by atoms with van der Waals surface area (Å²) in [7, 11) is 0. The van der Waals surface area contributed by atoms with Gasteiger partial charge in [0.25, 0.3) is 0 Å². The highest BCUT2D eigenvalue weighted by Crippen LogP contribution is 2.24. The van der Waals surface area contributed by atoms with Crippen LogP contribution in [-0.2, 0) is 32.1 Å². The lowest BCUT2D eigenvalue weighted by Gasteiger charge is -2.40. The molecule has 1 saturated heterocycles. The number of likely N-dealkylation sites (tertiary alicyclic amines) is 1. The lowest BCUT2D eigenvalue weighted by Crippen LogP contribution is -2.61. The summed E-state index contributed by atoms with van der Waals surface area (Å²) in [6, 6.07) is 15.4. The zero-order chi connectivity index (χ0) is 38.1. The van der Waals surface area contributed by atoms with E-state index in [4.69, 9.17) is 11.5 Å². The maximum atomic E-state index is 13.9. The predicted octanol–water partition coefficient (Wildman–Crippen LogP) is 1.58. The van der Waals surface area contributed by atoms with Crippen LogP contribution in [0.5, 0.6) is 0 Å². The SMILES string of the molecule is CC(C)C[C@@H](NC(=O)[C@@H](Cc1ccccc1)NC(=O)N(CCN)Cc1ccccc1)C(=O)N[C@H](C)C(=O)N1CCC(NCCCCN)(C(=O)O)CC1. The molecule has 2 aromatic rings. The van der Waals surface area contributed by atoms with Crippen molar-refractivity contribution in [2.75, 3.05) is 39.3 Å². The average molecular weight is 723 g/mol. The third kappa shape index (κ3) is 12.9. The molecule has 1 heterocycles. The van der Waals surface area contributed by atoms with Crippen LogP contribution in [0.1, 0.15) is 64.0 Å². The molecule has 52 heavy (non-hydrogen) atoms. The number of benzene rings is 2. The number of nitrogens with two attached hydrogens (primary N) is 2. The second kappa shape index (κ2) is 21.1. The molecule has 0 saturated carbocycles. The maximum absolute atomic E-state index is 13.9. The van der Waals surface area contributed by atoms with E-state index in [2.05, 4.69) is 21.3 Å². The Morgan fingerprint density at radius 1 is 0.808 bits per heavy atom. The Labute approximate surface area is 307 Å². The molecule has 3 atom stereocenters. The maximum Gasteiger partial charge on any atom is 0.324 e. The van der Waals surface area contributed by atoms with Gasteiger partial charge in [-0.05, 0) is 69.2 Å². The summed E-state index contributed by atoms with van der Waals surface area (Å²) in [5, 5.41) is 21.6. The van der Waals surface area contributed by atoms with Crippen LogP contribution < -0.4 is 32.7 Å². The fourth-order valence-electron chi connectivity index (χ4n) is 6.31. The first-order valence-electron chi connectivity index (χ1n) is 18.3. The molecule has 9 N–H and O–H groups in total. The van der Waals surface area contributed by atoms with E-state index < -0.39 is 47.5 Å². The lowest BCUT2D eigenvalue weighted by molar-refractivity contribution is -0.150. The van der Waals surface area contributed by atoms with Crippen LogP contribution in [0.2, 0.25) is 0 Å². The molecule has 0 aromatic heterocycles. The van der Waals surface area contributed by atoms with Crippen LogP contribution >= 0.6 is 0 Å². The van der Waals surface area contributed by atoms with Crippen molar-refractivity contribution in [2.45, 2.75) is 89.5 Å². The lowest BCUT2D eigenvalue weighted by atomic mass is 9.87. The van der Waals surface area contributed by atoms with Crippen LogP contribution in [0.3, 0.4) is 0 Å². The van der Waals surface area contributed by atoms with Gasteiger partial charge in [0.05, 0.1) is 0 Å². The Morgan fingerprint density at radius 3 is 1.96 bits per heavy atom. The monoisotopic (exact) mass is 722 g/mol. The van der Waals surface area contributed by atoms with Crippen molar-refractivity contribution in [3.8, 4) is 0 Å². The summed E-state index contributed by atoms with van der Waals surface area (Å²) in [6.45, 7) is 7.70. The first-order chi connectivity index (χ1) is 24.9. The van der Waals surface area contributed by atoms with E-state index in [1.807, 2.05) is 74.5 Å². The Morgan fingerprint density at radius 2 is 1.40 bits per heavy atom. The van der Waals surface area contributed by atoms with Gasteiger partial charge in [-0.2, -0.15) is 0 Å². The molecule has 0 bridgehead atoms. The first kappa shape index (κ1) is 41.9.